The van der Waals surface area contributed by atoms with Gasteiger partial charge in [-0.1, -0.05) is 52.9 Å². The Morgan fingerprint density at radius 2 is 1.23 bits per heavy atom. The predicted molar refractivity (Wildman–Crippen MR) is 105 cm³/mol. The predicted octanol–water partition coefficient (Wildman–Crippen LogP) is 4.77. The zero-order chi connectivity index (χ0) is 19.3. The third-order valence-electron chi connectivity index (χ3n) is 4.01. The van der Waals surface area contributed by atoms with Crippen molar-refractivity contribution in [2.45, 2.75) is 78.6 Å². The summed E-state index contributed by atoms with van der Waals surface area (Å²) in [6.07, 6.45) is 9.75. The van der Waals surface area contributed by atoms with E-state index in [-0.39, 0.29) is 5.97 Å². The smallest absolute Gasteiger partial charge is 0.305 e. The normalized spacial score (nSPS) is 11.2. The van der Waals surface area contributed by atoms with Crippen molar-refractivity contribution in [3.8, 4) is 0 Å². The summed E-state index contributed by atoms with van der Waals surface area (Å²) in [6, 6.07) is 0. The highest BCUT2D eigenvalue weighted by Crippen LogP contribution is 2.04. The summed E-state index contributed by atoms with van der Waals surface area (Å²) in [5.41, 5.74) is 0. The standard InChI is InChI=1S/C21H42O5/c1-4-5-6-7-8-9-13-23-16-18-25-19-17-24-14-10-11-21(22)26-15-12-20(2)3/h20H,4-19H2,1-3H3. The van der Waals surface area contributed by atoms with Crippen LogP contribution in [0.3, 0.4) is 0 Å². The minimum absolute atomic E-state index is 0.131. The van der Waals surface area contributed by atoms with Crippen LogP contribution in [0, 0.1) is 5.92 Å². The number of unbranched alkanes of at least 4 members (excludes halogenated alkanes) is 5. The number of carbonyl (C=O) groups is 1. The molecule has 0 saturated heterocycles. The van der Waals surface area contributed by atoms with E-state index in [1.165, 1.54) is 32.1 Å². The Bertz CT molecular complexity index is 294. The molecule has 0 aromatic carbocycles. The Morgan fingerprint density at radius 3 is 1.85 bits per heavy atom. The van der Waals surface area contributed by atoms with E-state index in [1.54, 1.807) is 0 Å². The number of rotatable bonds is 20. The average molecular weight is 375 g/mol. The molecular weight excluding hydrogens is 332 g/mol. The van der Waals surface area contributed by atoms with E-state index in [9.17, 15) is 4.79 Å². The quantitative estimate of drug-likeness (QED) is 0.227. The lowest BCUT2D eigenvalue weighted by atomic mass is 10.1. The summed E-state index contributed by atoms with van der Waals surface area (Å²) >= 11 is 0. The van der Waals surface area contributed by atoms with Gasteiger partial charge in [-0.2, -0.15) is 0 Å². The van der Waals surface area contributed by atoms with E-state index in [2.05, 4.69) is 20.8 Å². The molecule has 0 heterocycles. The molecule has 0 unspecified atom stereocenters. The molecule has 0 N–H and O–H groups in total. The summed E-state index contributed by atoms with van der Waals surface area (Å²) in [6.45, 7) is 10.8. The van der Waals surface area contributed by atoms with Crippen molar-refractivity contribution in [3.63, 3.8) is 0 Å². The monoisotopic (exact) mass is 374 g/mol. The van der Waals surface area contributed by atoms with Crippen molar-refractivity contribution in [2.24, 2.45) is 5.92 Å². The zero-order valence-corrected chi connectivity index (χ0v) is 17.4. The van der Waals surface area contributed by atoms with Gasteiger partial charge in [-0.05, 0) is 25.2 Å². The van der Waals surface area contributed by atoms with Gasteiger partial charge in [0.25, 0.3) is 0 Å². The molecule has 0 saturated carbocycles. The molecule has 0 fully saturated rings. The van der Waals surface area contributed by atoms with E-state index >= 15 is 0 Å². The van der Waals surface area contributed by atoms with E-state index in [0.29, 0.717) is 58.4 Å². The second-order valence-electron chi connectivity index (χ2n) is 7.11. The topological polar surface area (TPSA) is 54.0 Å². The number of carbonyl (C=O) groups excluding carboxylic acids is 1. The SMILES string of the molecule is CCCCCCCCOCCOCCOCCCC(=O)OCCC(C)C. The molecule has 5 heteroatoms. The second-order valence-corrected chi connectivity index (χ2v) is 7.11. The maximum atomic E-state index is 11.5. The molecule has 0 bridgehead atoms. The van der Waals surface area contributed by atoms with Gasteiger partial charge in [-0.25, -0.2) is 0 Å². The van der Waals surface area contributed by atoms with E-state index in [1.807, 2.05) is 0 Å². The molecule has 0 aliphatic rings. The van der Waals surface area contributed by atoms with Gasteiger partial charge in [0.15, 0.2) is 0 Å². The summed E-state index contributed by atoms with van der Waals surface area (Å²) in [5, 5.41) is 0. The van der Waals surface area contributed by atoms with Crippen LogP contribution < -0.4 is 0 Å². The third-order valence-corrected chi connectivity index (χ3v) is 4.01. The molecule has 26 heavy (non-hydrogen) atoms. The van der Waals surface area contributed by atoms with Crippen LogP contribution in [0.15, 0.2) is 0 Å². The Morgan fingerprint density at radius 1 is 0.692 bits per heavy atom. The maximum Gasteiger partial charge on any atom is 0.305 e. The van der Waals surface area contributed by atoms with Gasteiger partial charge in [-0.3, -0.25) is 4.79 Å². The van der Waals surface area contributed by atoms with Crippen LogP contribution in [0.2, 0.25) is 0 Å². The van der Waals surface area contributed by atoms with Crippen LogP contribution in [0.5, 0.6) is 0 Å². The fourth-order valence-corrected chi connectivity index (χ4v) is 2.33. The Kier molecular flexibility index (Phi) is 20.1. The van der Waals surface area contributed by atoms with Crippen molar-refractivity contribution in [2.75, 3.05) is 46.2 Å². The lowest BCUT2D eigenvalue weighted by molar-refractivity contribution is -0.144. The summed E-state index contributed by atoms with van der Waals surface area (Å²) in [5.74, 6) is 0.431. The van der Waals surface area contributed by atoms with Gasteiger partial charge >= 0.3 is 5.97 Å². The first-order chi connectivity index (χ1) is 12.7. The van der Waals surface area contributed by atoms with E-state index < -0.39 is 0 Å². The molecule has 0 radical (unpaired) electrons. The molecular formula is C21H42O5. The average Bonchev–Trinajstić information content (AvgIpc) is 2.61. The largest absolute Gasteiger partial charge is 0.466 e. The lowest BCUT2D eigenvalue weighted by Gasteiger charge is -2.08. The second kappa shape index (κ2) is 20.7. The number of hydrogen-bond acceptors (Lipinski definition) is 5. The first kappa shape index (κ1) is 25.4. The Balaban J connectivity index is 3.10. The number of ether oxygens (including phenoxy) is 4. The molecule has 0 aliphatic heterocycles. The fourth-order valence-electron chi connectivity index (χ4n) is 2.33. The van der Waals surface area contributed by atoms with Gasteiger partial charge < -0.3 is 18.9 Å². The summed E-state index contributed by atoms with van der Waals surface area (Å²) in [7, 11) is 0. The number of esters is 1. The number of hydrogen-bond donors (Lipinski definition) is 0. The van der Waals surface area contributed by atoms with Crippen LogP contribution in [-0.4, -0.2) is 52.2 Å². The van der Waals surface area contributed by atoms with Crippen LogP contribution >= 0.6 is 0 Å². The molecule has 0 amide bonds. The highest BCUT2D eigenvalue weighted by atomic mass is 16.5. The van der Waals surface area contributed by atoms with Crippen LogP contribution in [0.25, 0.3) is 0 Å². The lowest BCUT2D eigenvalue weighted by Crippen LogP contribution is -2.11. The summed E-state index contributed by atoms with van der Waals surface area (Å²) in [4.78, 5) is 11.5. The molecule has 0 atom stereocenters. The van der Waals surface area contributed by atoms with Crippen molar-refractivity contribution < 1.29 is 23.7 Å². The molecule has 5 nitrogen and oxygen atoms in total. The van der Waals surface area contributed by atoms with Crippen LogP contribution in [0.1, 0.15) is 78.6 Å². The van der Waals surface area contributed by atoms with Gasteiger partial charge in [0, 0.05) is 19.6 Å². The zero-order valence-electron chi connectivity index (χ0n) is 17.4. The van der Waals surface area contributed by atoms with Crippen molar-refractivity contribution in [3.05, 3.63) is 0 Å². The molecule has 0 rings (SSSR count). The Labute approximate surface area is 161 Å². The van der Waals surface area contributed by atoms with Crippen molar-refractivity contribution >= 4 is 5.97 Å². The molecule has 0 aliphatic carbocycles. The summed E-state index contributed by atoms with van der Waals surface area (Å²) < 4.78 is 21.6. The minimum atomic E-state index is -0.131. The van der Waals surface area contributed by atoms with E-state index in [0.717, 1.165) is 19.4 Å². The maximum absolute atomic E-state index is 11.5. The van der Waals surface area contributed by atoms with Gasteiger partial charge in [0.2, 0.25) is 0 Å². The highest BCUT2D eigenvalue weighted by molar-refractivity contribution is 5.69. The van der Waals surface area contributed by atoms with Gasteiger partial charge in [0.05, 0.1) is 33.0 Å². The molecule has 0 aromatic rings. The minimum Gasteiger partial charge on any atom is -0.466 e. The Hall–Kier alpha value is -0.650. The van der Waals surface area contributed by atoms with Gasteiger partial charge in [0.1, 0.15) is 0 Å². The molecule has 0 spiro atoms. The fraction of sp³-hybridized carbons (Fsp3) is 0.952. The highest BCUT2D eigenvalue weighted by Gasteiger charge is 2.03. The van der Waals surface area contributed by atoms with E-state index in [4.69, 9.17) is 18.9 Å². The third kappa shape index (κ3) is 21.4. The van der Waals surface area contributed by atoms with Crippen LogP contribution in [0.4, 0.5) is 0 Å². The first-order valence-corrected chi connectivity index (χ1v) is 10.6. The first-order valence-electron chi connectivity index (χ1n) is 10.6. The van der Waals surface area contributed by atoms with Crippen LogP contribution in [-0.2, 0) is 23.7 Å². The van der Waals surface area contributed by atoms with Crippen molar-refractivity contribution in [1.29, 1.82) is 0 Å². The van der Waals surface area contributed by atoms with Gasteiger partial charge in [-0.15, -0.1) is 0 Å². The molecule has 0 aromatic heterocycles. The molecule has 156 valence electrons. The van der Waals surface area contributed by atoms with Crippen molar-refractivity contribution in [1.82, 2.24) is 0 Å².